The van der Waals surface area contributed by atoms with Crippen molar-refractivity contribution in [3.8, 4) is 0 Å². The number of hydrogen-bond donors (Lipinski definition) is 5. The minimum Gasteiger partial charge on any atom is -0.400 e. The molecule has 1 aromatic rings. The van der Waals surface area contributed by atoms with Crippen LogP contribution in [-0.4, -0.2) is 39.4 Å². The number of anilines is 3. The van der Waals surface area contributed by atoms with Crippen LogP contribution in [-0.2, 0) is 0 Å². The third kappa shape index (κ3) is 6.72. The van der Waals surface area contributed by atoms with E-state index in [4.69, 9.17) is 27.4 Å². The van der Waals surface area contributed by atoms with Crippen LogP contribution in [0.2, 0.25) is 0 Å². The van der Waals surface area contributed by atoms with Gasteiger partial charge < -0.3 is 27.4 Å². The molecule has 0 radical (unpaired) electrons. The molecule has 0 fully saturated rings. The largest absolute Gasteiger partial charge is 0.400 e. The average Bonchev–Trinajstić information content (AvgIpc) is 2.09. The van der Waals surface area contributed by atoms with E-state index in [1.165, 1.54) is 0 Å². The van der Waals surface area contributed by atoms with Gasteiger partial charge in [-0.05, 0) is 0 Å². The third-order valence-electron chi connectivity index (χ3n) is 0.687. The predicted octanol–water partition coefficient (Wildman–Crippen LogP) is -2.16. The van der Waals surface area contributed by atoms with Gasteiger partial charge in [0.1, 0.15) is 0 Å². The van der Waals surface area contributed by atoms with E-state index in [0.29, 0.717) is 0 Å². The van der Waals surface area contributed by atoms with Crippen LogP contribution >= 0.6 is 0 Å². The molecule has 8 N–H and O–H groups in total. The van der Waals surface area contributed by atoms with Gasteiger partial charge in [0.2, 0.25) is 17.8 Å². The molecular formula is C5H14N6O2. The van der Waals surface area contributed by atoms with Crippen LogP contribution in [0.5, 0.6) is 0 Å². The minimum absolute atomic E-state index is 0.0417. The first-order chi connectivity index (χ1) is 6.18. The molecule has 0 saturated heterocycles. The van der Waals surface area contributed by atoms with Gasteiger partial charge in [-0.25, -0.2) is 0 Å². The van der Waals surface area contributed by atoms with Gasteiger partial charge in [-0.3, -0.25) is 0 Å². The van der Waals surface area contributed by atoms with E-state index < -0.39 is 0 Å². The summed E-state index contributed by atoms with van der Waals surface area (Å²) in [6, 6.07) is 0. The van der Waals surface area contributed by atoms with Gasteiger partial charge in [0.25, 0.3) is 0 Å². The Labute approximate surface area is 75.4 Å². The maximum atomic E-state index is 7.00. The summed E-state index contributed by atoms with van der Waals surface area (Å²) >= 11 is 0. The summed E-state index contributed by atoms with van der Waals surface area (Å²) in [5.41, 5.74) is 15.4. The zero-order valence-corrected chi connectivity index (χ0v) is 7.47. The van der Waals surface area contributed by atoms with E-state index in [2.05, 4.69) is 15.0 Å². The van der Waals surface area contributed by atoms with Gasteiger partial charge in [0.15, 0.2) is 0 Å². The molecule has 0 aliphatic carbocycles. The second kappa shape index (κ2) is 8.43. The molecule has 0 aliphatic heterocycles. The number of nitrogens with zero attached hydrogens (tertiary/aromatic N) is 3. The second-order valence-electron chi connectivity index (χ2n) is 1.41. The molecule has 0 unspecified atom stereocenters. The van der Waals surface area contributed by atoms with Gasteiger partial charge in [0.05, 0.1) is 0 Å². The van der Waals surface area contributed by atoms with Crippen molar-refractivity contribution in [1.29, 1.82) is 0 Å². The van der Waals surface area contributed by atoms with Crippen molar-refractivity contribution < 1.29 is 10.2 Å². The maximum Gasteiger partial charge on any atom is 0.226 e. The zero-order chi connectivity index (χ0) is 10.9. The normalized spacial score (nSPS) is 7.38. The molecule has 0 spiro atoms. The molecule has 0 aliphatic rings. The maximum absolute atomic E-state index is 7.00. The van der Waals surface area contributed by atoms with Crippen LogP contribution < -0.4 is 17.2 Å². The first-order valence-corrected chi connectivity index (χ1v) is 3.10. The minimum atomic E-state index is 0.0417. The van der Waals surface area contributed by atoms with Gasteiger partial charge in [0, 0.05) is 14.2 Å². The molecule has 8 heteroatoms. The number of aromatic nitrogens is 3. The van der Waals surface area contributed by atoms with Crippen molar-refractivity contribution in [2.75, 3.05) is 31.4 Å². The quantitative estimate of drug-likeness (QED) is 0.309. The molecule has 0 saturated carbocycles. The summed E-state index contributed by atoms with van der Waals surface area (Å²) in [4.78, 5) is 10.5. The van der Waals surface area contributed by atoms with E-state index in [1.54, 1.807) is 0 Å². The van der Waals surface area contributed by atoms with Crippen LogP contribution in [0.4, 0.5) is 17.8 Å². The van der Waals surface area contributed by atoms with Crippen molar-refractivity contribution in [1.82, 2.24) is 15.0 Å². The lowest BCUT2D eigenvalue weighted by molar-refractivity contribution is 0.399. The standard InChI is InChI=1S/C3H6N6.2CH4O/c4-1-7-2(5)9-3(6)8-1;2*1-2/h(H6,4,5,6,7,8,9);2*2H,1H3. The Balaban J connectivity index is 0. The highest BCUT2D eigenvalue weighted by molar-refractivity contribution is 5.33. The van der Waals surface area contributed by atoms with Gasteiger partial charge in [-0.15, -0.1) is 0 Å². The van der Waals surface area contributed by atoms with Crippen LogP contribution in [0.25, 0.3) is 0 Å². The summed E-state index contributed by atoms with van der Waals surface area (Å²) in [5, 5.41) is 14.0. The lowest BCUT2D eigenvalue weighted by Gasteiger charge is -1.93. The Morgan fingerprint density at radius 3 is 1.00 bits per heavy atom. The number of hydrogen-bond acceptors (Lipinski definition) is 8. The first kappa shape index (κ1) is 13.9. The summed E-state index contributed by atoms with van der Waals surface area (Å²) in [5.74, 6) is 0.125. The second-order valence-corrected chi connectivity index (χ2v) is 1.41. The molecule has 1 aromatic heterocycles. The Morgan fingerprint density at radius 1 is 0.692 bits per heavy atom. The summed E-state index contributed by atoms with van der Waals surface area (Å²) in [6.07, 6.45) is 0. The Kier molecular flexibility index (Phi) is 9.00. The molecule has 0 amide bonds. The van der Waals surface area contributed by atoms with Gasteiger partial charge in [-0.2, -0.15) is 15.0 Å². The lowest BCUT2D eigenvalue weighted by atomic mass is 10.9. The van der Waals surface area contributed by atoms with Crippen molar-refractivity contribution in [3.05, 3.63) is 0 Å². The van der Waals surface area contributed by atoms with Crippen LogP contribution in [0, 0.1) is 0 Å². The Morgan fingerprint density at radius 2 is 0.846 bits per heavy atom. The van der Waals surface area contributed by atoms with E-state index in [9.17, 15) is 0 Å². The molecular weight excluding hydrogens is 176 g/mol. The third-order valence-corrected chi connectivity index (χ3v) is 0.687. The fraction of sp³-hybridized carbons (Fsp3) is 0.400. The molecule has 76 valence electrons. The highest BCUT2D eigenvalue weighted by Gasteiger charge is 1.93. The highest BCUT2D eigenvalue weighted by Crippen LogP contribution is 1.97. The van der Waals surface area contributed by atoms with Crippen LogP contribution in [0.15, 0.2) is 0 Å². The van der Waals surface area contributed by atoms with Crippen LogP contribution in [0.1, 0.15) is 0 Å². The molecule has 8 nitrogen and oxygen atoms in total. The van der Waals surface area contributed by atoms with Gasteiger partial charge >= 0.3 is 0 Å². The molecule has 0 atom stereocenters. The van der Waals surface area contributed by atoms with E-state index in [0.717, 1.165) is 14.2 Å². The molecule has 0 bridgehead atoms. The van der Waals surface area contributed by atoms with Crippen molar-refractivity contribution in [2.24, 2.45) is 0 Å². The summed E-state index contributed by atoms with van der Waals surface area (Å²) in [6.45, 7) is 0. The fourth-order valence-corrected chi connectivity index (χ4v) is 0.427. The molecule has 1 rings (SSSR count). The van der Waals surface area contributed by atoms with Crippen molar-refractivity contribution >= 4 is 17.8 Å². The number of nitrogen functional groups attached to an aromatic ring is 3. The van der Waals surface area contributed by atoms with E-state index in [-0.39, 0.29) is 17.8 Å². The Bertz CT molecular complexity index is 180. The topological polar surface area (TPSA) is 157 Å². The first-order valence-electron chi connectivity index (χ1n) is 3.10. The smallest absolute Gasteiger partial charge is 0.226 e. The number of nitrogens with two attached hydrogens (primary N) is 3. The lowest BCUT2D eigenvalue weighted by Crippen LogP contribution is -2.05. The molecule has 1 heterocycles. The summed E-state index contributed by atoms with van der Waals surface area (Å²) < 4.78 is 0. The van der Waals surface area contributed by atoms with E-state index >= 15 is 0 Å². The summed E-state index contributed by atoms with van der Waals surface area (Å²) in [7, 11) is 2.00. The number of aliphatic hydroxyl groups is 2. The average molecular weight is 190 g/mol. The van der Waals surface area contributed by atoms with Crippen molar-refractivity contribution in [3.63, 3.8) is 0 Å². The van der Waals surface area contributed by atoms with Crippen LogP contribution in [0.3, 0.4) is 0 Å². The predicted molar refractivity (Wildman–Crippen MR) is 49.3 cm³/mol. The Hall–Kier alpha value is -1.67. The number of aliphatic hydroxyl groups excluding tert-OH is 2. The van der Waals surface area contributed by atoms with Gasteiger partial charge in [-0.1, -0.05) is 0 Å². The zero-order valence-electron chi connectivity index (χ0n) is 7.47. The van der Waals surface area contributed by atoms with E-state index in [1.807, 2.05) is 0 Å². The van der Waals surface area contributed by atoms with Crippen molar-refractivity contribution in [2.45, 2.75) is 0 Å². The highest BCUT2D eigenvalue weighted by atomic mass is 16.2. The fourth-order valence-electron chi connectivity index (χ4n) is 0.427. The number of rotatable bonds is 0. The monoisotopic (exact) mass is 190 g/mol. The molecule has 13 heavy (non-hydrogen) atoms. The molecule has 0 aromatic carbocycles. The SMILES string of the molecule is CO.CO.Nc1nc(N)nc(N)n1.